The zero-order valence-electron chi connectivity index (χ0n) is 18.6. The summed E-state index contributed by atoms with van der Waals surface area (Å²) in [5.41, 5.74) is 2.35. The zero-order valence-corrected chi connectivity index (χ0v) is 18.6. The third-order valence-electron chi connectivity index (χ3n) is 5.18. The van der Waals surface area contributed by atoms with Crippen molar-refractivity contribution >= 4 is 17.6 Å². The average Bonchev–Trinajstić information content (AvgIpc) is 2.87. The standard InChI is InChI=1S/C24H23N7O3/c1-17-7-9-18(10-8-17)25-22-26-23(30-13-15-33-16-14-30)28-24(27-22)34-20-11-12-21(32)31(29-20)19-5-3-2-4-6-19/h2-12H,13-16H2,1H3,(H,25,26,27,28). The Morgan fingerprint density at radius 3 is 2.44 bits per heavy atom. The van der Waals surface area contributed by atoms with E-state index in [4.69, 9.17) is 9.47 Å². The first-order valence-corrected chi connectivity index (χ1v) is 10.9. The molecular formula is C24H23N7O3. The molecule has 3 heterocycles. The lowest BCUT2D eigenvalue weighted by molar-refractivity contribution is 0.122. The Kier molecular flexibility index (Phi) is 6.13. The highest BCUT2D eigenvalue weighted by Crippen LogP contribution is 2.22. The van der Waals surface area contributed by atoms with Crippen molar-refractivity contribution in [1.29, 1.82) is 0 Å². The number of morpholine rings is 1. The molecule has 0 spiro atoms. The highest BCUT2D eigenvalue weighted by atomic mass is 16.5. The first kappa shape index (κ1) is 21.5. The van der Waals surface area contributed by atoms with E-state index in [1.54, 1.807) is 12.1 Å². The van der Waals surface area contributed by atoms with E-state index in [0.717, 1.165) is 11.3 Å². The van der Waals surface area contributed by atoms with Gasteiger partial charge >= 0.3 is 6.01 Å². The van der Waals surface area contributed by atoms with Gasteiger partial charge in [-0.1, -0.05) is 35.9 Å². The molecule has 0 atom stereocenters. The predicted octanol–water partition coefficient (Wildman–Crippen LogP) is 3.10. The molecular weight excluding hydrogens is 434 g/mol. The number of nitrogens with zero attached hydrogens (tertiary/aromatic N) is 6. The largest absolute Gasteiger partial charge is 0.403 e. The molecule has 1 aliphatic rings. The Morgan fingerprint density at radius 1 is 0.912 bits per heavy atom. The maximum atomic E-state index is 12.3. The van der Waals surface area contributed by atoms with Crippen molar-refractivity contribution in [3.63, 3.8) is 0 Å². The third kappa shape index (κ3) is 5.02. The van der Waals surface area contributed by atoms with Gasteiger partial charge in [-0.15, -0.1) is 5.10 Å². The van der Waals surface area contributed by atoms with E-state index in [0.29, 0.717) is 43.9 Å². The molecule has 5 rings (SSSR count). The van der Waals surface area contributed by atoms with Crippen LogP contribution in [0.3, 0.4) is 0 Å². The molecule has 4 aromatic rings. The minimum atomic E-state index is -0.273. The van der Waals surface area contributed by atoms with E-state index < -0.39 is 0 Å². The molecule has 2 aromatic heterocycles. The first-order valence-electron chi connectivity index (χ1n) is 10.9. The molecule has 0 amide bonds. The van der Waals surface area contributed by atoms with Crippen LogP contribution in [0.15, 0.2) is 71.5 Å². The van der Waals surface area contributed by atoms with E-state index in [2.05, 4.69) is 25.4 Å². The van der Waals surface area contributed by atoms with E-state index in [1.165, 1.54) is 16.8 Å². The van der Waals surface area contributed by atoms with Gasteiger partial charge in [-0.2, -0.15) is 19.6 Å². The number of hydrogen-bond donors (Lipinski definition) is 1. The highest BCUT2D eigenvalue weighted by molar-refractivity contribution is 5.55. The van der Waals surface area contributed by atoms with Crippen LogP contribution in [0.4, 0.5) is 17.6 Å². The highest BCUT2D eigenvalue weighted by Gasteiger charge is 2.18. The molecule has 34 heavy (non-hydrogen) atoms. The lowest BCUT2D eigenvalue weighted by atomic mass is 10.2. The van der Waals surface area contributed by atoms with Gasteiger partial charge in [0.2, 0.25) is 17.8 Å². The fourth-order valence-corrected chi connectivity index (χ4v) is 3.41. The molecule has 1 aliphatic heterocycles. The number of para-hydroxylation sites is 1. The number of hydrogen-bond acceptors (Lipinski definition) is 9. The lowest BCUT2D eigenvalue weighted by Gasteiger charge is -2.27. The van der Waals surface area contributed by atoms with Crippen molar-refractivity contribution in [2.24, 2.45) is 0 Å². The van der Waals surface area contributed by atoms with Gasteiger partial charge in [0.25, 0.3) is 5.56 Å². The molecule has 2 aromatic carbocycles. The second kappa shape index (κ2) is 9.67. The second-order valence-electron chi connectivity index (χ2n) is 7.69. The van der Waals surface area contributed by atoms with Gasteiger partial charge in [0, 0.05) is 30.9 Å². The van der Waals surface area contributed by atoms with Crippen LogP contribution in [0.5, 0.6) is 11.9 Å². The van der Waals surface area contributed by atoms with Gasteiger partial charge in [-0.25, -0.2) is 0 Å². The number of nitrogens with one attached hydrogen (secondary N) is 1. The summed E-state index contributed by atoms with van der Waals surface area (Å²) in [5.74, 6) is 0.995. The van der Waals surface area contributed by atoms with Gasteiger partial charge in [-0.05, 0) is 31.2 Å². The van der Waals surface area contributed by atoms with Crippen LogP contribution in [0.1, 0.15) is 5.56 Å². The van der Waals surface area contributed by atoms with Gasteiger partial charge in [0.1, 0.15) is 0 Å². The van der Waals surface area contributed by atoms with Crippen LogP contribution in [0, 0.1) is 6.92 Å². The summed E-state index contributed by atoms with van der Waals surface area (Å²) in [6.07, 6.45) is 0. The SMILES string of the molecule is Cc1ccc(Nc2nc(Oc3ccc(=O)n(-c4ccccc4)n3)nc(N3CCOCC3)n2)cc1. The quantitative estimate of drug-likeness (QED) is 0.467. The molecule has 0 saturated carbocycles. The molecule has 10 nitrogen and oxygen atoms in total. The second-order valence-corrected chi connectivity index (χ2v) is 7.69. The monoisotopic (exact) mass is 457 g/mol. The summed E-state index contributed by atoms with van der Waals surface area (Å²) >= 11 is 0. The summed E-state index contributed by atoms with van der Waals surface area (Å²) < 4.78 is 12.6. The minimum absolute atomic E-state index is 0.0665. The van der Waals surface area contributed by atoms with Crippen LogP contribution >= 0.6 is 0 Å². The molecule has 0 radical (unpaired) electrons. The van der Waals surface area contributed by atoms with E-state index >= 15 is 0 Å². The normalized spacial score (nSPS) is 13.5. The van der Waals surface area contributed by atoms with Crippen molar-refractivity contribution in [2.75, 3.05) is 36.5 Å². The Morgan fingerprint density at radius 2 is 1.68 bits per heavy atom. The molecule has 0 unspecified atom stereocenters. The Balaban J connectivity index is 1.47. The van der Waals surface area contributed by atoms with Crippen LogP contribution < -0.4 is 20.5 Å². The fourth-order valence-electron chi connectivity index (χ4n) is 3.41. The van der Waals surface area contributed by atoms with Crippen molar-refractivity contribution in [3.05, 3.63) is 82.6 Å². The maximum Gasteiger partial charge on any atom is 0.330 e. The molecule has 10 heteroatoms. The number of benzene rings is 2. The number of aryl methyl sites for hydroxylation is 1. The Bertz CT molecular complexity index is 1320. The number of ether oxygens (including phenoxy) is 2. The Labute approximate surface area is 195 Å². The summed E-state index contributed by atoms with van der Waals surface area (Å²) in [5, 5.41) is 7.54. The van der Waals surface area contributed by atoms with Crippen LogP contribution in [0.25, 0.3) is 5.69 Å². The van der Waals surface area contributed by atoms with Crippen LogP contribution in [-0.4, -0.2) is 51.0 Å². The first-order chi connectivity index (χ1) is 16.6. The molecule has 1 fully saturated rings. The number of aromatic nitrogens is 5. The number of anilines is 3. The Hall–Kier alpha value is -4.31. The van der Waals surface area contributed by atoms with Crippen LogP contribution in [0.2, 0.25) is 0 Å². The van der Waals surface area contributed by atoms with E-state index in [-0.39, 0.29) is 17.4 Å². The summed E-state index contributed by atoms with van der Waals surface area (Å²) in [4.78, 5) is 27.8. The van der Waals surface area contributed by atoms with Crippen molar-refractivity contribution in [1.82, 2.24) is 24.7 Å². The number of rotatable bonds is 6. The molecule has 172 valence electrons. The van der Waals surface area contributed by atoms with Gasteiger partial charge in [0.05, 0.1) is 18.9 Å². The third-order valence-corrected chi connectivity index (χ3v) is 5.18. The molecule has 0 aliphatic carbocycles. The maximum absolute atomic E-state index is 12.3. The molecule has 0 bridgehead atoms. The van der Waals surface area contributed by atoms with E-state index in [1.807, 2.05) is 54.3 Å². The summed E-state index contributed by atoms with van der Waals surface area (Å²) in [6.45, 7) is 4.52. The zero-order chi connectivity index (χ0) is 23.3. The smallest absolute Gasteiger partial charge is 0.330 e. The molecule has 1 N–H and O–H groups in total. The average molecular weight is 457 g/mol. The van der Waals surface area contributed by atoms with E-state index in [9.17, 15) is 4.79 Å². The van der Waals surface area contributed by atoms with Gasteiger partial charge in [0.15, 0.2) is 0 Å². The van der Waals surface area contributed by atoms with Gasteiger partial charge in [-0.3, -0.25) is 4.79 Å². The lowest BCUT2D eigenvalue weighted by Crippen LogP contribution is -2.37. The van der Waals surface area contributed by atoms with Crippen molar-refractivity contribution < 1.29 is 9.47 Å². The van der Waals surface area contributed by atoms with Crippen molar-refractivity contribution in [2.45, 2.75) is 6.92 Å². The minimum Gasteiger partial charge on any atom is -0.403 e. The van der Waals surface area contributed by atoms with Gasteiger partial charge < -0.3 is 19.7 Å². The predicted molar refractivity (Wildman–Crippen MR) is 127 cm³/mol. The topological polar surface area (TPSA) is 107 Å². The fraction of sp³-hybridized carbons (Fsp3) is 0.208. The van der Waals surface area contributed by atoms with Crippen LogP contribution in [-0.2, 0) is 4.74 Å². The van der Waals surface area contributed by atoms with Crippen molar-refractivity contribution in [3.8, 4) is 17.6 Å². The molecule has 1 saturated heterocycles. The summed E-state index contributed by atoms with van der Waals surface area (Å²) in [7, 11) is 0. The summed E-state index contributed by atoms with van der Waals surface area (Å²) in [6, 6.07) is 20.0.